The van der Waals surface area contributed by atoms with Crippen LogP contribution in [0.3, 0.4) is 0 Å². The Morgan fingerprint density at radius 1 is 1.44 bits per heavy atom. The summed E-state index contributed by atoms with van der Waals surface area (Å²) in [6.07, 6.45) is 4.10. The van der Waals surface area contributed by atoms with E-state index in [4.69, 9.17) is 26.8 Å². The van der Waals surface area contributed by atoms with Crippen molar-refractivity contribution in [2.45, 2.75) is 37.5 Å². The Labute approximate surface area is 112 Å². The highest BCUT2D eigenvalue weighted by molar-refractivity contribution is 6.30. The maximum Gasteiger partial charge on any atom is 0.123 e. The van der Waals surface area contributed by atoms with Crippen molar-refractivity contribution in [3.05, 3.63) is 28.8 Å². The lowest BCUT2D eigenvalue weighted by Gasteiger charge is -2.26. The van der Waals surface area contributed by atoms with Gasteiger partial charge >= 0.3 is 0 Å². The summed E-state index contributed by atoms with van der Waals surface area (Å²) < 4.78 is 11.3. The summed E-state index contributed by atoms with van der Waals surface area (Å²) in [5, 5.41) is 0.699. The molecule has 2 saturated heterocycles. The fraction of sp³-hybridized carbons (Fsp3) is 0.571. The van der Waals surface area contributed by atoms with E-state index >= 15 is 0 Å². The molecule has 0 spiro atoms. The molecule has 0 aliphatic carbocycles. The molecule has 18 heavy (non-hydrogen) atoms. The summed E-state index contributed by atoms with van der Waals surface area (Å²) in [6, 6.07) is 5.56. The SMILES string of the molecule is COc1ccc(Cl)cc1C(N)C1CC2CCC1O2. The van der Waals surface area contributed by atoms with E-state index in [-0.39, 0.29) is 6.04 Å². The third kappa shape index (κ3) is 2.00. The zero-order chi connectivity index (χ0) is 12.7. The Morgan fingerprint density at radius 3 is 2.89 bits per heavy atom. The number of halogens is 1. The number of nitrogens with two attached hydrogens (primary N) is 1. The van der Waals surface area contributed by atoms with Crippen LogP contribution in [-0.4, -0.2) is 19.3 Å². The average Bonchev–Trinajstić information content (AvgIpc) is 3.00. The third-order valence-corrected chi connectivity index (χ3v) is 4.40. The summed E-state index contributed by atoms with van der Waals surface area (Å²) in [5.74, 6) is 1.20. The van der Waals surface area contributed by atoms with Crippen molar-refractivity contribution < 1.29 is 9.47 Å². The first-order valence-electron chi connectivity index (χ1n) is 6.43. The largest absolute Gasteiger partial charge is 0.496 e. The Bertz CT molecular complexity index is 451. The number of benzene rings is 1. The van der Waals surface area contributed by atoms with Gasteiger partial charge in [0.05, 0.1) is 19.3 Å². The minimum Gasteiger partial charge on any atom is -0.496 e. The van der Waals surface area contributed by atoms with E-state index in [1.165, 1.54) is 6.42 Å². The minimum atomic E-state index is -0.0612. The molecule has 2 bridgehead atoms. The van der Waals surface area contributed by atoms with Gasteiger partial charge in [0, 0.05) is 22.5 Å². The van der Waals surface area contributed by atoms with E-state index in [1.54, 1.807) is 7.11 Å². The molecular formula is C14H18ClNO2. The highest BCUT2D eigenvalue weighted by atomic mass is 35.5. The fourth-order valence-corrected chi connectivity index (χ4v) is 3.43. The second kappa shape index (κ2) is 4.72. The van der Waals surface area contributed by atoms with Crippen molar-refractivity contribution in [1.82, 2.24) is 0 Å². The number of fused-ring (bicyclic) bond motifs is 2. The van der Waals surface area contributed by atoms with Crippen LogP contribution < -0.4 is 10.5 Å². The lowest BCUT2D eigenvalue weighted by Crippen LogP contribution is -2.29. The quantitative estimate of drug-likeness (QED) is 0.916. The molecule has 3 rings (SSSR count). The Hall–Kier alpha value is -0.770. The van der Waals surface area contributed by atoms with Crippen LogP contribution in [0.15, 0.2) is 18.2 Å². The molecule has 2 aliphatic heterocycles. The van der Waals surface area contributed by atoms with Crippen molar-refractivity contribution in [1.29, 1.82) is 0 Å². The number of hydrogen-bond acceptors (Lipinski definition) is 3. The van der Waals surface area contributed by atoms with E-state index < -0.39 is 0 Å². The van der Waals surface area contributed by atoms with Gasteiger partial charge in [-0.2, -0.15) is 0 Å². The number of hydrogen-bond donors (Lipinski definition) is 1. The fourth-order valence-electron chi connectivity index (χ4n) is 3.25. The summed E-state index contributed by atoms with van der Waals surface area (Å²) in [7, 11) is 1.66. The summed E-state index contributed by atoms with van der Waals surface area (Å²) in [6.45, 7) is 0. The van der Waals surface area contributed by atoms with Gasteiger partial charge in [-0.1, -0.05) is 11.6 Å². The molecule has 0 radical (unpaired) electrons. The standard InChI is InChI=1S/C14H18ClNO2/c1-17-12-4-2-8(15)6-10(12)14(16)11-7-9-3-5-13(11)18-9/h2,4,6,9,11,13-14H,3,5,7,16H2,1H3. The number of rotatable bonds is 3. The zero-order valence-corrected chi connectivity index (χ0v) is 11.2. The van der Waals surface area contributed by atoms with Gasteiger partial charge in [-0.05, 0) is 37.5 Å². The van der Waals surface area contributed by atoms with Gasteiger partial charge in [-0.3, -0.25) is 0 Å². The minimum absolute atomic E-state index is 0.0612. The van der Waals surface area contributed by atoms with Gasteiger partial charge in [-0.25, -0.2) is 0 Å². The van der Waals surface area contributed by atoms with E-state index in [1.807, 2.05) is 18.2 Å². The molecule has 2 aliphatic rings. The first kappa shape index (κ1) is 12.3. The Morgan fingerprint density at radius 2 is 2.28 bits per heavy atom. The van der Waals surface area contributed by atoms with Gasteiger partial charge in [0.25, 0.3) is 0 Å². The molecule has 1 aromatic rings. The van der Waals surface area contributed by atoms with Gasteiger partial charge in [-0.15, -0.1) is 0 Å². The number of methoxy groups -OCH3 is 1. The van der Waals surface area contributed by atoms with Crippen LogP contribution in [0.5, 0.6) is 5.75 Å². The van der Waals surface area contributed by atoms with Crippen LogP contribution in [0, 0.1) is 5.92 Å². The molecule has 4 atom stereocenters. The van der Waals surface area contributed by atoms with Crippen LogP contribution in [0.25, 0.3) is 0 Å². The zero-order valence-electron chi connectivity index (χ0n) is 10.4. The van der Waals surface area contributed by atoms with Crippen LogP contribution in [0.2, 0.25) is 5.02 Å². The second-order valence-electron chi connectivity index (χ2n) is 5.19. The van der Waals surface area contributed by atoms with Crippen LogP contribution in [-0.2, 0) is 4.74 Å². The summed E-state index contributed by atoms with van der Waals surface area (Å²) >= 11 is 6.06. The van der Waals surface area contributed by atoms with Crippen LogP contribution >= 0.6 is 11.6 Å². The Kier molecular flexibility index (Phi) is 3.22. The van der Waals surface area contributed by atoms with Crippen molar-refractivity contribution >= 4 is 11.6 Å². The molecule has 3 nitrogen and oxygen atoms in total. The van der Waals surface area contributed by atoms with Crippen LogP contribution in [0.4, 0.5) is 0 Å². The normalized spacial score (nSPS) is 31.6. The second-order valence-corrected chi connectivity index (χ2v) is 5.62. The molecule has 0 aromatic heterocycles. The van der Waals surface area contributed by atoms with Gasteiger partial charge in [0.1, 0.15) is 5.75 Å². The van der Waals surface area contributed by atoms with Gasteiger partial charge in [0.15, 0.2) is 0 Å². The number of ether oxygens (including phenoxy) is 2. The molecular weight excluding hydrogens is 250 g/mol. The molecule has 4 unspecified atom stereocenters. The maximum atomic E-state index is 6.41. The first-order chi connectivity index (χ1) is 8.69. The highest BCUT2D eigenvalue weighted by Gasteiger charge is 2.44. The Balaban J connectivity index is 1.87. The predicted octanol–water partition coefficient (Wildman–Crippen LogP) is 2.92. The van der Waals surface area contributed by atoms with Crippen molar-refractivity contribution in [2.24, 2.45) is 11.7 Å². The molecule has 2 fully saturated rings. The summed E-state index contributed by atoms with van der Waals surface area (Å²) in [5.41, 5.74) is 7.41. The van der Waals surface area contributed by atoms with Gasteiger partial charge < -0.3 is 15.2 Å². The van der Waals surface area contributed by atoms with E-state index in [0.717, 1.165) is 24.2 Å². The first-order valence-corrected chi connectivity index (χ1v) is 6.81. The summed E-state index contributed by atoms with van der Waals surface area (Å²) in [4.78, 5) is 0. The van der Waals surface area contributed by atoms with Crippen molar-refractivity contribution in [3.8, 4) is 5.75 Å². The molecule has 0 amide bonds. The molecule has 0 saturated carbocycles. The molecule has 4 heteroatoms. The topological polar surface area (TPSA) is 44.5 Å². The molecule has 1 aromatic carbocycles. The third-order valence-electron chi connectivity index (χ3n) is 4.17. The highest BCUT2D eigenvalue weighted by Crippen LogP contribution is 2.45. The maximum absolute atomic E-state index is 6.41. The lowest BCUT2D eigenvalue weighted by molar-refractivity contribution is 0.0883. The van der Waals surface area contributed by atoms with E-state index in [9.17, 15) is 0 Å². The average molecular weight is 268 g/mol. The van der Waals surface area contributed by atoms with E-state index in [2.05, 4.69) is 0 Å². The predicted molar refractivity (Wildman–Crippen MR) is 70.9 cm³/mol. The monoisotopic (exact) mass is 267 g/mol. The van der Waals surface area contributed by atoms with Crippen LogP contribution in [0.1, 0.15) is 30.9 Å². The van der Waals surface area contributed by atoms with Crippen molar-refractivity contribution in [3.63, 3.8) is 0 Å². The molecule has 2 N–H and O–H groups in total. The lowest BCUT2D eigenvalue weighted by atomic mass is 9.81. The molecule has 2 heterocycles. The van der Waals surface area contributed by atoms with Crippen molar-refractivity contribution in [2.75, 3.05) is 7.11 Å². The molecule has 98 valence electrons. The van der Waals surface area contributed by atoms with Gasteiger partial charge in [0.2, 0.25) is 0 Å². The van der Waals surface area contributed by atoms with E-state index in [0.29, 0.717) is 23.1 Å². The smallest absolute Gasteiger partial charge is 0.123 e.